The zero-order chi connectivity index (χ0) is 16.8. The molecule has 0 aromatic heterocycles. The van der Waals surface area contributed by atoms with E-state index >= 15 is 0 Å². The first kappa shape index (κ1) is 17.8. The summed E-state index contributed by atoms with van der Waals surface area (Å²) in [6, 6.07) is 5.47. The predicted molar refractivity (Wildman–Crippen MR) is 80.8 cm³/mol. The number of hydrazone groups is 1. The van der Waals surface area contributed by atoms with Gasteiger partial charge in [-0.15, -0.1) is 0 Å². The number of rotatable bonds is 7. The highest BCUT2D eigenvalue weighted by Gasteiger charge is 2.13. The van der Waals surface area contributed by atoms with E-state index in [0.717, 1.165) is 0 Å². The molecule has 0 spiro atoms. The lowest BCUT2D eigenvalue weighted by Gasteiger charge is -2.05. The third-order valence-electron chi connectivity index (χ3n) is 2.53. The number of ketones is 1. The summed E-state index contributed by atoms with van der Waals surface area (Å²) < 4.78 is 27.0. The molecule has 0 atom stereocenters. The molecule has 0 saturated heterocycles. The fraction of sp³-hybridized carbons (Fsp3) is 0.308. The number of esters is 1. The summed E-state index contributed by atoms with van der Waals surface area (Å²) in [4.78, 5) is 22.7. The third kappa shape index (κ3) is 5.62. The minimum absolute atomic E-state index is 0.00831. The lowest BCUT2D eigenvalue weighted by molar-refractivity contribution is -0.141. The van der Waals surface area contributed by atoms with Gasteiger partial charge in [0.15, 0.2) is 5.78 Å². The highest BCUT2D eigenvalue weighted by atomic mass is 32.2. The Morgan fingerprint density at radius 2 is 1.86 bits per heavy atom. The van der Waals surface area contributed by atoms with E-state index in [1.165, 1.54) is 31.2 Å². The number of Topliss-reactive ketones (excluding diaryl/α,β-unsaturated/α-hetero) is 1. The Labute approximate surface area is 128 Å². The lowest BCUT2D eigenvalue weighted by atomic mass is 10.2. The van der Waals surface area contributed by atoms with Gasteiger partial charge >= 0.3 is 5.97 Å². The number of sulfonamides is 1. The van der Waals surface area contributed by atoms with Crippen molar-refractivity contribution < 1.29 is 22.7 Å². The average Bonchev–Trinajstić information content (AvgIpc) is 2.43. The highest BCUT2D eigenvalue weighted by molar-refractivity contribution is 7.89. The summed E-state index contributed by atoms with van der Waals surface area (Å²) in [7, 11) is -3.77. The van der Waals surface area contributed by atoms with Gasteiger partial charge in [-0.3, -0.25) is 15.0 Å². The van der Waals surface area contributed by atoms with Crippen molar-refractivity contribution in [1.29, 1.82) is 0 Å². The van der Waals surface area contributed by atoms with Crippen molar-refractivity contribution in [3.8, 4) is 0 Å². The monoisotopic (exact) mass is 327 g/mol. The van der Waals surface area contributed by atoms with Crippen LogP contribution in [-0.4, -0.2) is 32.5 Å². The average molecular weight is 327 g/mol. The fourth-order valence-electron chi connectivity index (χ4n) is 1.44. The van der Waals surface area contributed by atoms with Crippen LogP contribution in [0.2, 0.25) is 0 Å². The van der Waals surface area contributed by atoms with E-state index in [4.69, 9.17) is 9.88 Å². The van der Waals surface area contributed by atoms with Crippen LogP contribution >= 0.6 is 0 Å². The second-order valence-corrected chi connectivity index (χ2v) is 5.84. The molecule has 0 aliphatic heterocycles. The van der Waals surface area contributed by atoms with Gasteiger partial charge in [0.2, 0.25) is 10.0 Å². The maximum atomic E-state index is 11.4. The zero-order valence-electron chi connectivity index (χ0n) is 12.2. The van der Waals surface area contributed by atoms with Crippen LogP contribution in [0.4, 0.5) is 5.69 Å². The summed E-state index contributed by atoms with van der Waals surface area (Å²) in [6.07, 6.45) is -0.245. The summed E-state index contributed by atoms with van der Waals surface area (Å²) >= 11 is 0. The molecule has 120 valence electrons. The number of nitrogens with two attached hydrogens (primary N) is 1. The minimum Gasteiger partial charge on any atom is -0.466 e. The number of nitrogens with zero attached hydrogens (tertiary/aromatic N) is 1. The number of hydrogen-bond donors (Lipinski definition) is 2. The second-order valence-electron chi connectivity index (χ2n) is 4.28. The third-order valence-corrected chi connectivity index (χ3v) is 3.46. The Kier molecular flexibility index (Phi) is 6.20. The van der Waals surface area contributed by atoms with Gasteiger partial charge in [0.1, 0.15) is 5.71 Å². The van der Waals surface area contributed by atoms with Crippen LogP contribution in [0.1, 0.15) is 20.3 Å². The van der Waals surface area contributed by atoms with E-state index in [1.54, 1.807) is 6.92 Å². The van der Waals surface area contributed by atoms with Crippen molar-refractivity contribution >= 4 is 33.2 Å². The van der Waals surface area contributed by atoms with Crippen molar-refractivity contribution in [2.24, 2.45) is 10.2 Å². The van der Waals surface area contributed by atoms with Gasteiger partial charge in [-0.2, -0.15) is 5.10 Å². The SMILES string of the molecule is CCOC(=O)CC(=NNc1ccc(S(N)(=O)=O)cc1)C(C)=O. The van der Waals surface area contributed by atoms with Crippen molar-refractivity contribution in [3.05, 3.63) is 24.3 Å². The molecule has 0 aliphatic rings. The number of ether oxygens (including phenoxy) is 1. The molecular formula is C13H17N3O5S. The van der Waals surface area contributed by atoms with Crippen LogP contribution in [0, 0.1) is 0 Å². The predicted octanol–water partition coefficient (Wildman–Crippen LogP) is 0.644. The molecule has 0 fully saturated rings. The number of primary sulfonamides is 1. The number of hydrogen-bond acceptors (Lipinski definition) is 7. The Hall–Kier alpha value is -2.26. The van der Waals surface area contributed by atoms with Crippen molar-refractivity contribution in [2.45, 2.75) is 25.2 Å². The molecule has 3 N–H and O–H groups in total. The molecule has 0 aliphatic carbocycles. The van der Waals surface area contributed by atoms with Crippen LogP contribution in [0.15, 0.2) is 34.3 Å². The largest absolute Gasteiger partial charge is 0.466 e. The summed E-state index contributed by atoms with van der Waals surface area (Å²) in [5.74, 6) is -0.926. The molecule has 0 heterocycles. The number of nitrogens with one attached hydrogen (secondary N) is 1. The Balaban J connectivity index is 2.82. The van der Waals surface area contributed by atoms with Crippen molar-refractivity contribution in [1.82, 2.24) is 0 Å². The van der Waals surface area contributed by atoms with Gasteiger partial charge in [-0.1, -0.05) is 0 Å². The van der Waals surface area contributed by atoms with E-state index in [2.05, 4.69) is 10.5 Å². The number of anilines is 1. The van der Waals surface area contributed by atoms with Crippen molar-refractivity contribution in [3.63, 3.8) is 0 Å². The van der Waals surface area contributed by atoms with Gasteiger partial charge < -0.3 is 4.74 Å². The van der Waals surface area contributed by atoms with Crippen molar-refractivity contribution in [2.75, 3.05) is 12.0 Å². The Bertz CT molecular complexity index is 680. The van der Waals surface area contributed by atoms with Crippen LogP contribution in [0.25, 0.3) is 0 Å². The first-order valence-corrected chi connectivity index (χ1v) is 7.90. The molecule has 22 heavy (non-hydrogen) atoms. The smallest absolute Gasteiger partial charge is 0.312 e. The van der Waals surface area contributed by atoms with Crippen LogP contribution in [-0.2, 0) is 24.3 Å². The molecule has 0 amide bonds. The molecular weight excluding hydrogens is 310 g/mol. The van der Waals surface area contributed by atoms with E-state index < -0.39 is 16.0 Å². The molecule has 1 aromatic carbocycles. The van der Waals surface area contributed by atoms with Gasteiger partial charge in [0, 0.05) is 6.92 Å². The second kappa shape index (κ2) is 7.66. The molecule has 9 heteroatoms. The van der Waals surface area contributed by atoms with E-state index in [-0.39, 0.29) is 29.4 Å². The lowest BCUT2D eigenvalue weighted by Crippen LogP contribution is -2.18. The molecule has 8 nitrogen and oxygen atoms in total. The molecule has 0 radical (unpaired) electrons. The normalized spacial score (nSPS) is 11.9. The minimum atomic E-state index is -3.77. The summed E-state index contributed by atoms with van der Waals surface area (Å²) in [6.45, 7) is 3.16. The van der Waals surface area contributed by atoms with Crippen LogP contribution in [0.5, 0.6) is 0 Å². The number of carbonyl (C=O) groups excluding carboxylic acids is 2. The van der Waals surface area contributed by atoms with Gasteiger partial charge in [0.25, 0.3) is 0 Å². The zero-order valence-corrected chi connectivity index (χ0v) is 13.0. The quantitative estimate of drug-likeness (QED) is 0.430. The Morgan fingerprint density at radius 1 is 1.27 bits per heavy atom. The van der Waals surface area contributed by atoms with Gasteiger partial charge in [-0.25, -0.2) is 13.6 Å². The van der Waals surface area contributed by atoms with Gasteiger partial charge in [0.05, 0.1) is 23.6 Å². The molecule has 0 bridgehead atoms. The number of carbonyl (C=O) groups is 2. The maximum absolute atomic E-state index is 11.4. The Morgan fingerprint density at radius 3 is 2.32 bits per heavy atom. The topological polar surface area (TPSA) is 128 Å². The van der Waals surface area contributed by atoms with Gasteiger partial charge in [-0.05, 0) is 31.2 Å². The first-order chi connectivity index (χ1) is 10.2. The summed E-state index contributed by atoms with van der Waals surface area (Å²) in [5, 5.41) is 8.82. The van der Waals surface area contributed by atoms with E-state index in [9.17, 15) is 18.0 Å². The van der Waals surface area contributed by atoms with Crippen LogP contribution < -0.4 is 10.6 Å². The molecule has 0 saturated carbocycles. The fourth-order valence-corrected chi connectivity index (χ4v) is 1.96. The highest BCUT2D eigenvalue weighted by Crippen LogP contribution is 2.12. The first-order valence-electron chi connectivity index (χ1n) is 6.36. The molecule has 1 rings (SSSR count). The molecule has 1 aromatic rings. The summed E-state index contributed by atoms with van der Waals surface area (Å²) in [5.41, 5.74) is 3.02. The molecule has 0 unspecified atom stereocenters. The maximum Gasteiger partial charge on any atom is 0.312 e. The van der Waals surface area contributed by atoms with Crippen LogP contribution in [0.3, 0.4) is 0 Å². The number of benzene rings is 1. The van der Waals surface area contributed by atoms with E-state index in [0.29, 0.717) is 5.69 Å². The van der Waals surface area contributed by atoms with E-state index in [1.807, 2.05) is 0 Å². The standard InChI is InChI=1S/C13H17N3O5S/c1-3-21-13(18)8-12(9(2)17)16-15-10-4-6-11(7-5-10)22(14,19)20/h4-7,15H,3,8H2,1-2H3,(H2,14,19,20).